The summed E-state index contributed by atoms with van der Waals surface area (Å²) in [6.45, 7) is 5.24. The van der Waals surface area contributed by atoms with Gasteiger partial charge in [-0.1, -0.05) is 94.9 Å². The predicted molar refractivity (Wildman–Crippen MR) is 296 cm³/mol. The Hall–Kier alpha value is -5.50. The smallest absolute Gasteiger partial charge is 0.308 e. The summed E-state index contributed by atoms with van der Waals surface area (Å²) in [7, 11) is 4.71. The van der Waals surface area contributed by atoms with E-state index in [0.717, 1.165) is 40.2 Å². The van der Waals surface area contributed by atoms with E-state index >= 15 is 0 Å². The number of halogens is 8. The van der Waals surface area contributed by atoms with Crippen molar-refractivity contribution in [1.29, 1.82) is 0 Å². The van der Waals surface area contributed by atoms with Crippen LogP contribution in [0.25, 0.3) is 22.3 Å². The lowest BCUT2D eigenvalue weighted by atomic mass is 10.2. The van der Waals surface area contributed by atoms with Gasteiger partial charge in [0.15, 0.2) is 31.8 Å². The third-order valence-electron chi connectivity index (χ3n) is 10.9. The largest absolute Gasteiger partial charge is 0.332 e. The van der Waals surface area contributed by atoms with Crippen LogP contribution in [0.1, 0.15) is 61.8 Å². The van der Waals surface area contributed by atoms with Crippen molar-refractivity contribution < 1.29 is 13.2 Å². The van der Waals surface area contributed by atoms with Gasteiger partial charge in [0.1, 0.15) is 23.3 Å². The molecule has 5 aromatic heterocycles. The summed E-state index contributed by atoms with van der Waals surface area (Å²) < 4.78 is 48.4. The van der Waals surface area contributed by atoms with Crippen LogP contribution in [-0.4, -0.2) is 57.3 Å². The SMILES string of the molecule is CCCCBr.CCCCn1c(=O)c2c(nc(Br)n2Cc2ccc(F)cc2)n(C)c1=O.Cn1c(=O)[nH]c(=O)c2c1nc(Br)n2Cc1ccc(F)cc1.Cn1c2c(c(=O)[nH]c1=O)CC(Br)=N2.Fc1ccc(CBr)cc1. The number of aryl methyl sites for hydroxylation is 2. The fourth-order valence-corrected chi connectivity index (χ4v) is 9.19. The fraction of sp³-hybridized carbons (Fsp3) is 0.312. The number of nitrogens with zero attached hydrogens (tertiary/aromatic N) is 9. The normalized spacial score (nSPS) is 11.4. The molecule has 2 N–H and O–H groups in total. The molecule has 0 saturated carbocycles. The number of aromatic nitrogens is 10. The zero-order valence-electron chi connectivity index (χ0n) is 40.0. The highest BCUT2D eigenvalue weighted by atomic mass is 79.9. The fourth-order valence-electron chi connectivity index (χ4n) is 6.87. The molecule has 0 bridgehead atoms. The van der Waals surface area contributed by atoms with E-state index in [2.05, 4.69) is 112 Å². The topological polar surface area (TPSA) is 202 Å². The Morgan fingerprint density at radius 2 is 1.03 bits per heavy atom. The van der Waals surface area contributed by atoms with Gasteiger partial charge in [0.05, 0.1) is 23.3 Å². The van der Waals surface area contributed by atoms with Crippen LogP contribution in [0.2, 0.25) is 0 Å². The molecule has 8 aromatic rings. The minimum atomic E-state index is -0.522. The number of hydrogen-bond donors (Lipinski definition) is 2. The molecule has 0 atom stereocenters. The molecule has 0 saturated heterocycles. The second kappa shape index (κ2) is 27.2. The Labute approximate surface area is 456 Å². The maximum absolute atomic E-state index is 13.1. The number of aliphatic imine (C=N–C) groups is 1. The third-order valence-corrected chi connectivity index (χ3v) is 13.8. The van der Waals surface area contributed by atoms with E-state index < -0.39 is 16.9 Å². The molecule has 388 valence electrons. The first kappa shape index (κ1) is 58.4. The van der Waals surface area contributed by atoms with Crippen LogP contribution in [-0.2, 0) is 52.5 Å². The molecule has 0 amide bonds. The maximum atomic E-state index is 13.1. The summed E-state index contributed by atoms with van der Waals surface area (Å²) in [5.41, 5.74) is 1.99. The molecule has 1 aliphatic rings. The van der Waals surface area contributed by atoms with Gasteiger partial charge in [-0.3, -0.25) is 42.6 Å². The van der Waals surface area contributed by atoms with Crippen LogP contribution in [0.4, 0.5) is 19.0 Å². The highest BCUT2D eigenvalue weighted by Gasteiger charge is 2.21. The van der Waals surface area contributed by atoms with Crippen molar-refractivity contribution >= 4 is 112 Å². The standard InChI is InChI=1S/C17H18BrFN4O2.C13H10BrFN4O2.C7H6BrF.C7H6BrN3O2.C4H9Br/c1-3-4-9-22-15(24)13-14(21(2)17(22)25)20-16(18)23(13)10-11-5-7-12(19)8-6-11;1-18-10-9(11(20)17-13(18)21)19(12(14)16-10)6-7-2-4-8(15)5-3-7;8-5-6-1-3-7(9)4-2-6;1-11-5-3(2-4(8)9-5)6(12)10-7(11)13;1-2-3-4-5/h5-8H,3-4,9-10H2,1-2H3;2-5H,6H2,1H3,(H,17,20,21);1-4H,5H2;2H2,1H3,(H,10,12,13);2-4H2,1H3. The molecule has 0 radical (unpaired) electrons. The lowest BCUT2D eigenvalue weighted by molar-refractivity contribution is 0.565. The molecule has 17 nitrogen and oxygen atoms in total. The van der Waals surface area contributed by atoms with Crippen molar-refractivity contribution in [2.24, 2.45) is 26.1 Å². The highest BCUT2D eigenvalue weighted by Crippen LogP contribution is 2.23. The van der Waals surface area contributed by atoms with E-state index in [4.69, 9.17) is 0 Å². The van der Waals surface area contributed by atoms with Gasteiger partial charge in [-0.2, -0.15) is 0 Å². The molecule has 0 unspecified atom stereocenters. The lowest BCUT2D eigenvalue weighted by Gasteiger charge is -2.10. The number of H-pyrrole nitrogens is 2. The van der Waals surface area contributed by atoms with Crippen molar-refractivity contribution in [3.63, 3.8) is 0 Å². The Kier molecular flexibility index (Phi) is 21.7. The molecular formula is C48H49Br5F3N11O6. The van der Waals surface area contributed by atoms with Gasteiger partial charge in [-0.25, -0.2) is 42.5 Å². The number of alkyl halides is 2. The van der Waals surface area contributed by atoms with E-state index in [9.17, 15) is 41.9 Å². The van der Waals surface area contributed by atoms with Crippen molar-refractivity contribution in [1.82, 2.24) is 47.3 Å². The van der Waals surface area contributed by atoms with E-state index in [1.165, 1.54) is 74.6 Å². The Balaban J connectivity index is 0.000000184. The summed E-state index contributed by atoms with van der Waals surface area (Å²) in [4.78, 5) is 88.4. The summed E-state index contributed by atoms with van der Waals surface area (Å²) >= 11 is 16.4. The molecule has 0 aliphatic carbocycles. The number of imidazole rings is 2. The van der Waals surface area contributed by atoms with Gasteiger partial charge in [-0.05, 0) is 114 Å². The first-order chi connectivity index (χ1) is 34.7. The van der Waals surface area contributed by atoms with Gasteiger partial charge >= 0.3 is 17.1 Å². The molecule has 9 rings (SSSR count). The van der Waals surface area contributed by atoms with Crippen LogP contribution < -0.4 is 33.7 Å². The van der Waals surface area contributed by atoms with Gasteiger partial charge in [0.2, 0.25) is 0 Å². The molecule has 1 aliphatic heterocycles. The molecule has 0 fully saturated rings. The van der Waals surface area contributed by atoms with Crippen molar-refractivity contribution in [2.75, 3.05) is 5.33 Å². The van der Waals surface area contributed by atoms with Crippen LogP contribution >= 0.6 is 79.6 Å². The van der Waals surface area contributed by atoms with E-state index in [1.807, 2.05) is 6.92 Å². The number of benzene rings is 3. The maximum Gasteiger partial charge on any atom is 0.332 e. The number of nitrogens with one attached hydrogen (secondary N) is 2. The minimum Gasteiger partial charge on any atom is -0.308 e. The van der Waals surface area contributed by atoms with Crippen LogP contribution in [0.3, 0.4) is 0 Å². The number of unbranched alkanes of at least 4 members (excludes halogenated alkanes) is 2. The molecule has 25 heteroatoms. The molecule has 6 heterocycles. The van der Waals surface area contributed by atoms with Gasteiger partial charge in [0, 0.05) is 44.8 Å². The van der Waals surface area contributed by atoms with Crippen LogP contribution in [0.5, 0.6) is 0 Å². The quantitative estimate of drug-likeness (QED) is 0.0998. The summed E-state index contributed by atoms with van der Waals surface area (Å²) in [5.74, 6) is -0.378. The molecular weight excluding hydrogens is 1280 g/mol. The van der Waals surface area contributed by atoms with E-state index in [0.29, 0.717) is 62.7 Å². The second-order valence-electron chi connectivity index (χ2n) is 16.1. The minimum absolute atomic E-state index is 0.181. The Morgan fingerprint density at radius 3 is 1.49 bits per heavy atom. The number of aromatic amines is 2. The average Bonchev–Trinajstić information content (AvgIpc) is 4.04. The first-order valence-corrected chi connectivity index (χ1v) is 27.0. The van der Waals surface area contributed by atoms with Gasteiger partial charge in [0.25, 0.3) is 16.7 Å². The summed E-state index contributed by atoms with van der Waals surface area (Å²) in [6, 6.07) is 18.4. The zero-order chi connectivity index (χ0) is 53.7. The van der Waals surface area contributed by atoms with Gasteiger partial charge in [-0.15, -0.1) is 0 Å². The highest BCUT2D eigenvalue weighted by molar-refractivity contribution is 9.18. The molecule has 73 heavy (non-hydrogen) atoms. The molecule has 3 aromatic carbocycles. The van der Waals surface area contributed by atoms with Crippen LogP contribution in [0.15, 0.2) is 116 Å². The average molecular weight is 1330 g/mol. The van der Waals surface area contributed by atoms with Crippen molar-refractivity contribution in [3.8, 4) is 0 Å². The second-order valence-corrected chi connectivity index (χ2v) is 19.8. The monoisotopic (exact) mass is 1330 g/mol. The van der Waals surface area contributed by atoms with E-state index in [1.54, 1.807) is 59.6 Å². The summed E-state index contributed by atoms with van der Waals surface area (Å²) in [5, 5.41) is 1.94. The van der Waals surface area contributed by atoms with E-state index in [-0.39, 0.29) is 45.4 Å². The third kappa shape index (κ3) is 14.8. The Morgan fingerprint density at radius 1 is 0.575 bits per heavy atom. The number of hydrogen-bond acceptors (Lipinski definition) is 9. The van der Waals surface area contributed by atoms with Gasteiger partial charge < -0.3 is 9.13 Å². The molecule has 0 spiro atoms. The van der Waals surface area contributed by atoms with Crippen LogP contribution in [0, 0.1) is 17.5 Å². The van der Waals surface area contributed by atoms with Crippen molar-refractivity contribution in [2.45, 2.75) is 70.9 Å². The Bertz CT molecular complexity index is 3600. The summed E-state index contributed by atoms with van der Waals surface area (Å²) in [6.07, 6.45) is 4.68. The lowest BCUT2D eigenvalue weighted by Crippen LogP contribution is -2.39. The predicted octanol–water partition coefficient (Wildman–Crippen LogP) is 8.98. The first-order valence-electron chi connectivity index (χ1n) is 22.4. The zero-order valence-corrected chi connectivity index (χ0v) is 47.9. The van der Waals surface area contributed by atoms with Crippen molar-refractivity contribution in [3.05, 3.63) is 184 Å². The number of fused-ring (bicyclic) bond motifs is 3. The number of rotatable bonds is 10.